The molecule has 1 heterocycles. The summed E-state index contributed by atoms with van der Waals surface area (Å²) in [6.07, 6.45) is 0. The molecule has 1 aromatic carbocycles. The maximum absolute atomic E-state index is 12.3. The van der Waals surface area contributed by atoms with Crippen LogP contribution in [-0.4, -0.2) is 56.3 Å². The Labute approximate surface area is 127 Å². The number of amides is 2. The van der Waals surface area contributed by atoms with Crippen molar-refractivity contribution in [1.82, 2.24) is 4.90 Å². The van der Waals surface area contributed by atoms with E-state index < -0.39 is 17.6 Å². The number of aliphatic hydroxyl groups is 1. The van der Waals surface area contributed by atoms with Gasteiger partial charge in [0.15, 0.2) is 17.3 Å². The lowest BCUT2D eigenvalue weighted by Crippen LogP contribution is -2.34. The Balaban J connectivity index is 2.39. The smallest absolute Gasteiger partial charge is 0.296 e. The average Bonchev–Trinajstić information content (AvgIpc) is 2.74. The standard InChI is InChI=1S/C15H17NO6/c1-20-7-6-16-14(18)12(13(17)15(16)19)9-4-5-10(21-2)11(8-9)22-3/h4-5,8,17H,6-7H2,1-3H3. The molecule has 118 valence electrons. The van der Waals surface area contributed by atoms with Gasteiger partial charge < -0.3 is 19.3 Å². The van der Waals surface area contributed by atoms with E-state index in [0.717, 1.165) is 4.90 Å². The first-order valence-electron chi connectivity index (χ1n) is 6.55. The third-order valence-corrected chi connectivity index (χ3v) is 3.33. The zero-order chi connectivity index (χ0) is 16.3. The van der Waals surface area contributed by atoms with Crippen molar-refractivity contribution in [3.8, 4) is 11.5 Å². The highest BCUT2D eigenvalue weighted by Gasteiger charge is 2.39. The Hall–Kier alpha value is -2.54. The summed E-state index contributed by atoms with van der Waals surface area (Å²) in [5.41, 5.74) is 0.329. The van der Waals surface area contributed by atoms with Gasteiger partial charge >= 0.3 is 0 Å². The van der Waals surface area contributed by atoms with E-state index >= 15 is 0 Å². The Morgan fingerprint density at radius 3 is 2.32 bits per heavy atom. The van der Waals surface area contributed by atoms with Crippen LogP contribution in [0, 0.1) is 0 Å². The predicted molar refractivity (Wildman–Crippen MR) is 77.7 cm³/mol. The number of hydrogen-bond donors (Lipinski definition) is 1. The van der Waals surface area contributed by atoms with Crippen molar-refractivity contribution >= 4 is 17.4 Å². The molecule has 0 bridgehead atoms. The molecule has 1 N–H and O–H groups in total. The molecule has 0 aliphatic carbocycles. The number of rotatable bonds is 6. The number of imide groups is 1. The van der Waals surface area contributed by atoms with E-state index in [1.165, 1.54) is 27.4 Å². The van der Waals surface area contributed by atoms with E-state index in [9.17, 15) is 14.7 Å². The summed E-state index contributed by atoms with van der Waals surface area (Å²) in [6.45, 7) is 0.277. The van der Waals surface area contributed by atoms with Gasteiger partial charge in [-0.05, 0) is 17.7 Å². The molecular weight excluding hydrogens is 290 g/mol. The molecule has 0 fully saturated rings. The summed E-state index contributed by atoms with van der Waals surface area (Å²) < 4.78 is 15.1. The summed E-state index contributed by atoms with van der Waals surface area (Å²) >= 11 is 0. The maximum Gasteiger partial charge on any atom is 0.296 e. The van der Waals surface area contributed by atoms with Gasteiger partial charge in [0, 0.05) is 7.11 Å². The molecule has 0 spiro atoms. The lowest BCUT2D eigenvalue weighted by Gasteiger charge is -2.14. The Kier molecular flexibility index (Phi) is 4.67. The van der Waals surface area contributed by atoms with Crippen LogP contribution in [0.2, 0.25) is 0 Å². The second-order valence-electron chi connectivity index (χ2n) is 4.55. The van der Waals surface area contributed by atoms with Crippen LogP contribution in [0.3, 0.4) is 0 Å². The fourth-order valence-electron chi connectivity index (χ4n) is 2.20. The van der Waals surface area contributed by atoms with E-state index in [1.54, 1.807) is 12.1 Å². The van der Waals surface area contributed by atoms with Crippen LogP contribution in [0.5, 0.6) is 11.5 Å². The van der Waals surface area contributed by atoms with Crippen molar-refractivity contribution < 1.29 is 28.9 Å². The van der Waals surface area contributed by atoms with Crippen molar-refractivity contribution in [1.29, 1.82) is 0 Å². The second kappa shape index (κ2) is 6.48. The monoisotopic (exact) mass is 307 g/mol. The summed E-state index contributed by atoms with van der Waals surface area (Å²) in [5.74, 6) is -0.984. The molecule has 2 amide bonds. The molecule has 2 rings (SSSR count). The lowest BCUT2D eigenvalue weighted by molar-refractivity contribution is -0.138. The van der Waals surface area contributed by atoms with E-state index in [4.69, 9.17) is 14.2 Å². The van der Waals surface area contributed by atoms with Crippen LogP contribution in [-0.2, 0) is 14.3 Å². The minimum atomic E-state index is -0.730. The number of benzene rings is 1. The van der Waals surface area contributed by atoms with Gasteiger partial charge in [-0.3, -0.25) is 14.5 Å². The maximum atomic E-state index is 12.3. The molecule has 7 nitrogen and oxygen atoms in total. The second-order valence-corrected chi connectivity index (χ2v) is 4.55. The summed E-state index contributed by atoms with van der Waals surface area (Å²) in [5, 5.41) is 10.00. The van der Waals surface area contributed by atoms with Crippen molar-refractivity contribution in [2.24, 2.45) is 0 Å². The van der Waals surface area contributed by atoms with Gasteiger partial charge in [0.2, 0.25) is 0 Å². The lowest BCUT2D eigenvalue weighted by atomic mass is 10.0. The van der Waals surface area contributed by atoms with Crippen LogP contribution in [0.4, 0.5) is 0 Å². The van der Waals surface area contributed by atoms with Crippen molar-refractivity contribution in [3.05, 3.63) is 29.5 Å². The fourth-order valence-corrected chi connectivity index (χ4v) is 2.20. The van der Waals surface area contributed by atoms with Crippen LogP contribution >= 0.6 is 0 Å². The van der Waals surface area contributed by atoms with Crippen molar-refractivity contribution in [2.45, 2.75) is 0 Å². The number of hydrogen-bond acceptors (Lipinski definition) is 6. The fraction of sp³-hybridized carbons (Fsp3) is 0.333. The zero-order valence-electron chi connectivity index (χ0n) is 12.6. The highest BCUT2D eigenvalue weighted by atomic mass is 16.5. The molecule has 0 unspecified atom stereocenters. The average molecular weight is 307 g/mol. The predicted octanol–water partition coefficient (Wildman–Crippen LogP) is 0.988. The highest BCUT2D eigenvalue weighted by molar-refractivity contribution is 6.34. The Morgan fingerprint density at radius 1 is 1.05 bits per heavy atom. The van der Waals surface area contributed by atoms with Crippen LogP contribution < -0.4 is 9.47 Å². The third kappa shape index (κ3) is 2.62. The third-order valence-electron chi connectivity index (χ3n) is 3.33. The normalized spacial score (nSPS) is 14.8. The molecule has 0 saturated heterocycles. The minimum Gasteiger partial charge on any atom is -0.502 e. The van der Waals surface area contributed by atoms with Crippen LogP contribution in [0.25, 0.3) is 5.57 Å². The molecule has 0 radical (unpaired) electrons. The molecule has 7 heteroatoms. The highest BCUT2D eigenvalue weighted by Crippen LogP contribution is 2.34. The number of aliphatic hydroxyl groups excluding tert-OH is 1. The molecule has 0 saturated carbocycles. The van der Waals surface area contributed by atoms with Gasteiger partial charge in [-0.25, -0.2) is 0 Å². The molecule has 0 atom stereocenters. The van der Waals surface area contributed by atoms with Gasteiger partial charge in [-0.2, -0.15) is 0 Å². The zero-order valence-corrected chi connectivity index (χ0v) is 12.6. The summed E-state index contributed by atoms with van der Waals surface area (Å²) in [4.78, 5) is 25.3. The summed E-state index contributed by atoms with van der Waals surface area (Å²) in [7, 11) is 4.42. The number of nitrogens with zero attached hydrogens (tertiary/aromatic N) is 1. The van der Waals surface area contributed by atoms with E-state index in [-0.39, 0.29) is 18.7 Å². The number of methoxy groups -OCH3 is 3. The quantitative estimate of drug-likeness (QED) is 0.789. The Bertz CT molecular complexity index is 637. The number of carbonyl (C=O) groups is 2. The van der Waals surface area contributed by atoms with Crippen LogP contribution in [0.15, 0.2) is 24.0 Å². The van der Waals surface area contributed by atoms with Crippen LogP contribution in [0.1, 0.15) is 5.56 Å². The largest absolute Gasteiger partial charge is 0.502 e. The molecule has 1 aromatic rings. The molecule has 0 aromatic heterocycles. The van der Waals surface area contributed by atoms with E-state index in [2.05, 4.69) is 0 Å². The van der Waals surface area contributed by atoms with Gasteiger partial charge in [0.25, 0.3) is 11.8 Å². The minimum absolute atomic E-state index is 0.0537. The number of carbonyl (C=O) groups excluding carboxylic acids is 2. The van der Waals surface area contributed by atoms with Gasteiger partial charge in [-0.1, -0.05) is 6.07 Å². The molecule has 1 aliphatic rings. The molecular formula is C15H17NO6. The summed E-state index contributed by atoms with van der Waals surface area (Å²) in [6, 6.07) is 4.72. The van der Waals surface area contributed by atoms with Gasteiger partial charge in [0.05, 0.1) is 32.9 Å². The molecule has 22 heavy (non-hydrogen) atoms. The van der Waals surface area contributed by atoms with Crippen molar-refractivity contribution in [3.63, 3.8) is 0 Å². The van der Waals surface area contributed by atoms with Crippen molar-refractivity contribution in [2.75, 3.05) is 34.5 Å². The van der Waals surface area contributed by atoms with E-state index in [0.29, 0.717) is 17.1 Å². The SMILES string of the molecule is COCCN1C(=O)C(O)=C(c2ccc(OC)c(OC)c2)C1=O. The molecule has 1 aliphatic heterocycles. The topological polar surface area (TPSA) is 85.3 Å². The first kappa shape index (κ1) is 15.8. The van der Waals surface area contributed by atoms with Gasteiger partial charge in [-0.15, -0.1) is 0 Å². The van der Waals surface area contributed by atoms with Gasteiger partial charge in [0.1, 0.15) is 0 Å². The van der Waals surface area contributed by atoms with E-state index in [1.807, 2.05) is 0 Å². The first-order chi connectivity index (χ1) is 10.5. The Morgan fingerprint density at radius 2 is 1.73 bits per heavy atom. The first-order valence-corrected chi connectivity index (χ1v) is 6.55. The number of ether oxygens (including phenoxy) is 3.